The van der Waals surface area contributed by atoms with Gasteiger partial charge in [0.2, 0.25) is 0 Å². The number of Topliss-reactive ketones (excluding diaryl/α,β-unsaturated/α-hetero) is 1. The molecule has 3 aromatic rings. The van der Waals surface area contributed by atoms with Gasteiger partial charge in [-0.25, -0.2) is 10.0 Å². The number of hydrogen-bond donors (Lipinski definition) is 2. The average Bonchev–Trinajstić information content (AvgIpc) is 3.34. The molecule has 2 atom stereocenters. The molecule has 2 unspecified atom stereocenters. The van der Waals surface area contributed by atoms with Gasteiger partial charge in [-0.15, -0.1) is 27.1 Å². The van der Waals surface area contributed by atoms with Crippen LogP contribution in [0.1, 0.15) is 16.4 Å². The Balaban J connectivity index is 1.58. The fourth-order valence-corrected chi connectivity index (χ4v) is 6.71. The molecule has 1 aromatic carbocycles. The number of thiazole rings is 1. The van der Waals surface area contributed by atoms with E-state index in [4.69, 9.17) is 11.6 Å². The summed E-state index contributed by atoms with van der Waals surface area (Å²) < 4.78 is 29.5. The molecule has 0 aliphatic carbocycles. The van der Waals surface area contributed by atoms with Crippen LogP contribution < -0.4 is 10.4 Å². The van der Waals surface area contributed by atoms with Crippen LogP contribution in [0, 0.1) is 0 Å². The lowest BCUT2D eigenvalue weighted by molar-refractivity contribution is -0.122. The topological polar surface area (TPSA) is 112 Å². The number of hydrogen-bond acceptors (Lipinski definition) is 9. The van der Waals surface area contributed by atoms with Crippen LogP contribution in [0.25, 0.3) is 0 Å². The van der Waals surface area contributed by atoms with Gasteiger partial charge in [-0.3, -0.25) is 10.0 Å². The highest BCUT2D eigenvalue weighted by Crippen LogP contribution is 2.42. The van der Waals surface area contributed by atoms with E-state index in [0.29, 0.717) is 27.1 Å². The van der Waals surface area contributed by atoms with Crippen molar-refractivity contribution in [3.05, 3.63) is 56.8 Å². The largest absolute Gasteiger partial charge is 0.340 e. The minimum absolute atomic E-state index is 0.0224. The summed E-state index contributed by atoms with van der Waals surface area (Å²) in [6, 6.07) is 6.79. The van der Waals surface area contributed by atoms with E-state index in [-0.39, 0.29) is 16.5 Å². The first-order valence-corrected chi connectivity index (χ1v) is 12.3. The Hall–Kier alpha value is -2.31. The highest BCUT2D eigenvalue weighted by molar-refractivity contribution is 7.90. The summed E-state index contributed by atoms with van der Waals surface area (Å²) in [5, 5.41) is 16.8. The molecular weight excluding hydrogens is 468 g/mol. The van der Waals surface area contributed by atoms with Crippen molar-refractivity contribution in [1.82, 2.24) is 4.98 Å². The molecule has 4 heterocycles. The molecule has 0 bridgehead atoms. The number of nitrogens with zero attached hydrogens (tertiary/aromatic N) is 3. The molecule has 12 heteroatoms. The zero-order chi connectivity index (χ0) is 21.0. The van der Waals surface area contributed by atoms with Crippen molar-refractivity contribution >= 4 is 66.6 Å². The monoisotopic (exact) mass is 480 g/mol. The Morgan fingerprint density at radius 3 is 2.83 bits per heavy atom. The summed E-state index contributed by atoms with van der Waals surface area (Å²) in [6.07, 6.45) is 1.96. The summed E-state index contributed by atoms with van der Waals surface area (Å²) in [7, 11) is -4.01. The Kier molecular flexibility index (Phi) is 4.67. The highest BCUT2D eigenvalue weighted by Gasteiger charge is 2.45. The number of carbonyl (C=O) groups excluding carboxylic acids is 1. The SMILES string of the molecule is O=C1C(Cc2cnc(Cl)s2)c2ccsc2N(O)C1C1=NS(=O)(=O)c2ccccc2N1. The maximum Gasteiger partial charge on any atom is 0.286 e. The van der Waals surface area contributed by atoms with Crippen LogP contribution >= 0.6 is 34.3 Å². The first kappa shape index (κ1) is 19.6. The van der Waals surface area contributed by atoms with Crippen molar-refractivity contribution in [3.63, 3.8) is 0 Å². The number of anilines is 2. The van der Waals surface area contributed by atoms with Crippen LogP contribution in [-0.2, 0) is 21.2 Å². The summed E-state index contributed by atoms with van der Waals surface area (Å²) in [4.78, 5) is 18.3. The average molecular weight is 481 g/mol. The fraction of sp³-hybridized carbons (Fsp3) is 0.167. The number of rotatable bonds is 3. The predicted molar refractivity (Wildman–Crippen MR) is 116 cm³/mol. The van der Waals surface area contributed by atoms with Gasteiger partial charge in [-0.1, -0.05) is 23.7 Å². The second kappa shape index (κ2) is 7.13. The Morgan fingerprint density at radius 1 is 1.27 bits per heavy atom. The number of hydroxylamine groups is 1. The Morgan fingerprint density at radius 2 is 2.07 bits per heavy atom. The molecule has 30 heavy (non-hydrogen) atoms. The number of amidine groups is 1. The molecule has 154 valence electrons. The van der Waals surface area contributed by atoms with Crippen LogP contribution in [0.2, 0.25) is 4.47 Å². The minimum Gasteiger partial charge on any atom is -0.340 e. The summed E-state index contributed by atoms with van der Waals surface area (Å²) >= 11 is 8.46. The lowest BCUT2D eigenvalue weighted by Gasteiger charge is -2.36. The zero-order valence-electron chi connectivity index (χ0n) is 15.0. The second-order valence-corrected chi connectivity index (χ2v) is 10.9. The number of ketones is 1. The minimum atomic E-state index is -4.01. The Labute approximate surface area is 184 Å². The smallest absolute Gasteiger partial charge is 0.286 e. The first-order chi connectivity index (χ1) is 14.3. The van der Waals surface area contributed by atoms with Gasteiger partial charge >= 0.3 is 0 Å². The maximum atomic E-state index is 13.5. The van der Waals surface area contributed by atoms with Crippen molar-refractivity contribution in [1.29, 1.82) is 0 Å². The third-order valence-corrected chi connectivity index (χ3v) is 8.36. The van der Waals surface area contributed by atoms with Gasteiger partial charge < -0.3 is 5.32 Å². The van der Waals surface area contributed by atoms with E-state index in [1.165, 1.54) is 28.7 Å². The van der Waals surface area contributed by atoms with Gasteiger partial charge in [0.1, 0.15) is 9.90 Å². The lowest BCUT2D eigenvalue weighted by atomic mass is 9.85. The van der Waals surface area contributed by atoms with Crippen LogP contribution in [-0.4, -0.2) is 36.3 Å². The van der Waals surface area contributed by atoms with Gasteiger partial charge in [-0.05, 0) is 35.6 Å². The first-order valence-electron chi connectivity index (χ1n) is 8.75. The third-order valence-electron chi connectivity index (χ3n) is 4.95. The number of halogens is 1. The lowest BCUT2D eigenvalue weighted by Crippen LogP contribution is -2.53. The Bertz CT molecular complexity index is 1300. The van der Waals surface area contributed by atoms with Crippen molar-refractivity contribution in [2.45, 2.75) is 23.3 Å². The number of benzene rings is 1. The number of aromatic nitrogens is 1. The molecule has 5 rings (SSSR count). The number of nitrogens with one attached hydrogen (secondary N) is 1. The van der Waals surface area contributed by atoms with Gasteiger partial charge in [0.05, 0.1) is 11.6 Å². The molecule has 0 saturated heterocycles. The molecule has 0 saturated carbocycles. The van der Waals surface area contributed by atoms with Gasteiger partial charge in [-0.2, -0.15) is 8.42 Å². The van der Waals surface area contributed by atoms with Gasteiger partial charge in [0.25, 0.3) is 10.0 Å². The molecule has 2 aliphatic rings. The zero-order valence-corrected chi connectivity index (χ0v) is 18.2. The number of para-hydroxylation sites is 1. The van der Waals surface area contributed by atoms with E-state index in [1.807, 2.05) is 0 Å². The van der Waals surface area contributed by atoms with E-state index in [2.05, 4.69) is 14.7 Å². The molecule has 0 fully saturated rings. The van der Waals surface area contributed by atoms with Crippen molar-refractivity contribution < 1.29 is 18.4 Å². The molecule has 8 nitrogen and oxygen atoms in total. The maximum absolute atomic E-state index is 13.5. The van der Waals surface area contributed by atoms with Crippen molar-refractivity contribution in [2.24, 2.45) is 4.40 Å². The van der Waals surface area contributed by atoms with E-state index in [0.717, 1.165) is 9.94 Å². The number of fused-ring (bicyclic) bond motifs is 2. The van der Waals surface area contributed by atoms with Crippen molar-refractivity contribution in [3.8, 4) is 0 Å². The van der Waals surface area contributed by atoms with Gasteiger partial charge in [0.15, 0.2) is 22.1 Å². The summed E-state index contributed by atoms with van der Waals surface area (Å²) in [5.74, 6) is -1.10. The number of thiophene rings is 1. The predicted octanol–water partition coefficient (Wildman–Crippen LogP) is 3.54. The molecular formula is C18H13ClN4O4S3. The number of carbonyl (C=O) groups is 1. The van der Waals surface area contributed by atoms with Crippen LogP contribution in [0.3, 0.4) is 0 Å². The normalized spacial score (nSPS) is 22.1. The van der Waals surface area contributed by atoms with Crippen LogP contribution in [0.15, 0.2) is 51.2 Å². The molecule has 0 amide bonds. The van der Waals surface area contributed by atoms with E-state index in [1.54, 1.807) is 35.8 Å². The summed E-state index contributed by atoms with van der Waals surface area (Å²) in [6.45, 7) is 0. The highest BCUT2D eigenvalue weighted by atomic mass is 35.5. The standard InChI is InChI=1S/C18H13ClN4O4S3/c19-18-20-8-9(29-18)7-11-10-5-6-28-17(10)23(25)14(15(11)24)16-21-12-3-1-2-4-13(12)30(26,27)22-16/h1-6,8,11,14,25H,7H2,(H,21,22). The van der Waals surface area contributed by atoms with E-state index >= 15 is 0 Å². The third kappa shape index (κ3) is 3.13. The van der Waals surface area contributed by atoms with Crippen LogP contribution in [0.4, 0.5) is 10.7 Å². The second-order valence-electron chi connectivity index (χ2n) is 6.74. The fourth-order valence-electron chi connectivity index (χ4n) is 3.64. The summed E-state index contributed by atoms with van der Waals surface area (Å²) in [5.41, 5.74) is 0.986. The molecule has 2 aromatic heterocycles. The number of sulfonamides is 1. The van der Waals surface area contributed by atoms with E-state index < -0.39 is 22.0 Å². The molecule has 0 spiro atoms. The van der Waals surface area contributed by atoms with Crippen molar-refractivity contribution in [2.75, 3.05) is 10.4 Å². The van der Waals surface area contributed by atoms with Gasteiger partial charge in [0, 0.05) is 11.1 Å². The quantitative estimate of drug-likeness (QED) is 0.589. The molecule has 2 aliphatic heterocycles. The van der Waals surface area contributed by atoms with Crippen LogP contribution in [0.5, 0.6) is 0 Å². The molecule has 2 N–H and O–H groups in total. The van der Waals surface area contributed by atoms with E-state index in [9.17, 15) is 18.4 Å². The molecule has 0 radical (unpaired) electrons.